The largest absolute Gasteiger partial charge is 0.355 e. The number of halogens is 1. The maximum atomic E-state index is 12.5. The van der Waals surface area contributed by atoms with Gasteiger partial charge in [0.15, 0.2) is 5.96 Å². The van der Waals surface area contributed by atoms with Crippen LogP contribution in [0, 0.1) is 11.3 Å². The fraction of sp³-hybridized carbons (Fsp3) is 0.909. The molecule has 29 heavy (non-hydrogen) atoms. The number of nitrogens with zero attached hydrogens (tertiary/aromatic N) is 3. The molecule has 1 amide bonds. The molecule has 0 bridgehead atoms. The van der Waals surface area contributed by atoms with Crippen LogP contribution in [-0.4, -0.2) is 74.0 Å². The number of guanidine groups is 1. The second kappa shape index (κ2) is 11.7. The maximum Gasteiger partial charge on any atom is 0.225 e. The van der Waals surface area contributed by atoms with Crippen LogP contribution in [0.25, 0.3) is 0 Å². The van der Waals surface area contributed by atoms with Gasteiger partial charge in [-0.1, -0.05) is 26.7 Å². The van der Waals surface area contributed by atoms with Crippen molar-refractivity contribution in [2.24, 2.45) is 16.3 Å². The predicted octanol–water partition coefficient (Wildman–Crippen LogP) is 3.07. The molecule has 3 rings (SSSR count). The summed E-state index contributed by atoms with van der Waals surface area (Å²) in [4.78, 5) is 21.5. The Labute approximate surface area is 194 Å². The SMILES string of the molecule is CN=C(NCCN1CCN(C(=O)C2CCCC2)CC1)NC1CCC(C)(C)CC1.I. The van der Waals surface area contributed by atoms with E-state index in [9.17, 15) is 4.79 Å². The number of rotatable bonds is 5. The van der Waals surface area contributed by atoms with Crippen LogP contribution in [0.2, 0.25) is 0 Å². The molecule has 7 heteroatoms. The van der Waals surface area contributed by atoms with Gasteiger partial charge in [0, 0.05) is 58.3 Å². The Morgan fingerprint density at radius 1 is 1.03 bits per heavy atom. The van der Waals surface area contributed by atoms with E-state index in [0.717, 1.165) is 58.1 Å². The molecule has 1 aliphatic heterocycles. The van der Waals surface area contributed by atoms with Gasteiger partial charge in [-0.25, -0.2) is 0 Å². The van der Waals surface area contributed by atoms with Crippen LogP contribution >= 0.6 is 24.0 Å². The molecule has 1 heterocycles. The van der Waals surface area contributed by atoms with Crippen LogP contribution in [0.3, 0.4) is 0 Å². The fourth-order valence-corrected chi connectivity index (χ4v) is 4.89. The molecule has 0 radical (unpaired) electrons. The summed E-state index contributed by atoms with van der Waals surface area (Å²) >= 11 is 0. The highest BCUT2D eigenvalue weighted by molar-refractivity contribution is 14.0. The number of amides is 1. The Morgan fingerprint density at radius 2 is 1.66 bits per heavy atom. The monoisotopic (exact) mass is 519 g/mol. The van der Waals surface area contributed by atoms with Gasteiger partial charge in [0.2, 0.25) is 5.91 Å². The summed E-state index contributed by atoms with van der Waals surface area (Å²) in [5, 5.41) is 7.08. The van der Waals surface area contributed by atoms with Crippen molar-refractivity contribution < 1.29 is 4.79 Å². The number of aliphatic imine (C=N–C) groups is 1. The lowest BCUT2D eigenvalue weighted by molar-refractivity contribution is -0.137. The molecular formula is C22H42IN5O. The normalized spacial score (nSPS) is 24.2. The first-order valence-electron chi connectivity index (χ1n) is 11.5. The van der Waals surface area contributed by atoms with Gasteiger partial charge < -0.3 is 15.5 Å². The van der Waals surface area contributed by atoms with E-state index in [-0.39, 0.29) is 24.0 Å². The average Bonchev–Trinajstić information content (AvgIpc) is 3.23. The van der Waals surface area contributed by atoms with Crippen molar-refractivity contribution in [1.29, 1.82) is 0 Å². The van der Waals surface area contributed by atoms with Gasteiger partial charge in [0.1, 0.15) is 0 Å². The van der Waals surface area contributed by atoms with Crippen LogP contribution in [0.1, 0.15) is 65.2 Å². The van der Waals surface area contributed by atoms with Crippen LogP contribution in [-0.2, 0) is 4.79 Å². The minimum Gasteiger partial charge on any atom is -0.355 e. The number of carbonyl (C=O) groups excluding carboxylic acids is 1. The molecule has 0 unspecified atom stereocenters. The van der Waals surface area contributed by atoms with Crippen LogP contribution in [0.15, 0.2) is 4.99 Å². The Hall–Kier alpha value is -0.570. The second-order valence-corrected chi connectivity index (χ2v) is 9.73. The minimum absolute atomic E-state index is 0. The lowest BCUT2D eigenvalue weighted by Crippen LogP contribution is -2.52. The van der Waals surface area contributed by atoms with Crippen molar-refractivity contribution in [3.8, 4) is 0 Å². The molecule has 2 N–H and O–H groups in total. The second-order valence-electron chi connectivity index (χ2n) is 9.73. The molecule has 2 aliphatic carbocycles. The third-order valence-electron chi connectivity index (χ3n) is 7.01. The zero-order chi connectivity index (χ0) is 20.0. The smallest absolute Gasteiger partial charge is 0.225 e. The predicted molar refractivity (Wildman–Crippen MR) is 131 cm³/mol. The summed E-state index contributed by atoms with van der Waals surface area (Å²) in [6.45, 7) is 10.4. The Kier molecular flexibility index (Phi) is 9.98. The first-order chi connectivity index (χ1) is 13.5. The summed E-state index contributed by atoms with van der Waals surface area (Å²) in [6.07, 6.45) is 9.69. The first kappa shape index (κ1) is 24.7. The zero-order valence-electron chi connectivity index (χ0n) is 18.7. The van der Waals surface area contributed by atoms with E-state index in [4.69, 9.17) is 0 Å². The van der Waals surface area contributed by atoms with Crippen molar-refractivity contribution in [1.82, 2.24) is 20.4 Å². The van der Waals surface area contributed by atoms with E-state index in [2.05, 4.69) is 39.3 Å². The van der Waals surface area contributed by atoms with E-state index < -0.39 is 0 Å². The number of nitrogens with one attached hydrogen (secondary N) is 2. The molecule has 3 aliphatic rings. The van der Waals surface area contributed by atoms with E-state index in [1.165, 1.54) is 38.5 Å². The summed E-state index contributed by atoms with van der Waals surface area (Å²) in [7, 11) is 1.86. The number of hydrogen-bond donors (Lipinski definition) is 2. The van der Waals surface area contributed by atoms with Gasteiger partial charge in [-0.2, -0.15) is 0 Å². The number of piperazine rings is 1. The quantitative estimate of drug-likeness (QED) is 0.333. The summed E-state index contributed by atoms with van der Waals surface area (Å²) in [5.41, 5.74) is 0.496. The lowest BCUT2D eigenvalue weighted by atomic mass is 9.75. The highest BCUT2D eigenvalue weighted by Gasteiger charge is 2.29. The highest BCUT2D eigenvalue weighted by Crippen LogP contribution is 2.34. The van der Waals surface area contributed by atoms with E-state index >= 15 is 0 Å². The van der Waals surface area contributed by atoms with Crippen molar-refractivity contribution >= 4 is 35.8 Å². The Balaban J connectivity index is 0.00000300. The number of carbonyl (C=O) groups is 1. The summed E-state index contributed by atoms with van der Waals surface area (Å²) in [5.74, 6) is 1.66. The maximum absolute atomic E-state index is 12.5. The van der Waals surface area contributed by atoms with Crippen molar-refractivity contribution in [3.63, 3.8) is 0 Å². The molecule has 2 saturated carbocycles. The van der Waals surface area contributed by atoms with Crippen LogP contribution < -0.4 is 10.6 Å². The van der Waals surface area contributed by atoms with Crippen molar-refractivity contribution in [3.05, 3.63) is 0 Å². The molecule has 168 valence electrons. The molecule has 0 aromatic carbocycles. The van der Waals surface area contributed by atoms with Crippen LogP contribution in [0.5, 0.6) is 0 Å². The molecule has 6 nitrogen and oxygen atoms in total. The summed E-state index contributed by atoms with van der Waals surface area (Å²) < 4.78 is 0. The molecule has 0 atom stereocenters. The molecule has 3 fully saturated rings. The van der Waals surface area contributed by atoms with E-state index in [1.54, 1.807) is 0 Å². The van der Waals surface area contributed by atoms with Gasteiger partial charge >= 0.3 is 0 Å². The molecule has 0 aromatic rings. The topological polar surface area (TPSA) is 60.0 Å². The van der Waals surface area contributed by atoms with Gasteiger partial charge in [0.25, 0.3) is 0 Å². The molecule has 1 saturated heterocycles. The Morgan fingerprint density at radius 3 is 2.24 bits per heavy atom. The average molecular weight is 520 g/mol. The fourth-order valence-electron chi connectivity index (χ4n) is 4.89. The van der Waals surface area contributed by atoms with Gasteiger partial charge in [-0.05, 0) is 43.9 Å². The lowest BCUT2D eigenvalue weighted by Gasteiger charge is -2.36. The minimum atomic E-state index is 0. The first-order valence-corrected chi connectivity index (χ1v) is 11.5. The van der Waals surface area contributed by atoms with Crippen molar-refractivity contribution in [2.75, 3.05) is 46.3 Å². The standard InChI is InChI=1S/C22H41N5O.HI/c1-22(2)10-8-19(9-11-22)25-21(23-3)24-12-13-26-14-16-27(17-15-26)20(28)18-6-4-5-7-18;/h18-19H,4-17H2,1-3H3,(H2,23,24,25);1H. The molecule has 0 spiro atoms. The van der Waals surface area contributed by atoms with Gasteiger partial charge in [0.05, 0.1) is 0 Å². The molecular weight excluding hydrogens is 477 g/mol. The van der Waals surface area contributed by atoms with Gasteiger partial charge in [-0.15, -0.1) is 24.0 Å². The highest BCUT2D eigenvalue weighted by atomic mass is 127. The molecule has 0 aromatic heterocycles. The van der Waals surface area contributed by atoms with Gasteiger partial charge in [-0.3, -0.25) is 14.7 Å². The van der Waals surface area contributed by atoms with Crippen LogP contribution in [0.4, 0.5) is 0 Å². The Bertz CT molecular complexity index is 529. The third kappa shape index (κ3) is 7.56. The van der Waals surface area contributed by atoms with E-state index in [0.29, 0.717) is 23.3 Å². The summed E-state index contributed by atoms with van der Waals surface area (Å²) in [6, 6.07) is 0.546. The third-order valence-corrected chi connectivity index (χ3v) is 7.01. The number of hydrogen-bond acceptors (Lipinski definition) is 3. The zero-order valence-corrected chi connectivity index (χ0v) is 21.0. The van der Waals surface area contributed by atoms with E-state index in [1.807, 2.05) is 7.05 Å². The van der Waals surface area contributed by atoms with Crippen molar-refractivity contribution in [2.45, 2.75) is 71.3 Å².